The molecule has 6 aromatic rings. The number of rotatable bonds is 20. The minimum atomic E-state index is -1.22. The van der Waals surface area contributed by atoms with Gasteiger partial charge in [0, 0.05) is 38.9 Å². The predicted molar refractivity (Wildman–Crippen MR) is 229 cm³/mol. The molecule has 14 nitrogen and oxygen atoms in total. The number of para-hydroxylation sites is 2. The maximum absolute atomic E-state index is 12.8. The first kappa shape index (κ1) is 48.1. The summed E-state index contributed by atoms with van der Waals surface area (Å²) in [5.41, 5.74) is 2.89. The molecule has 0 bridgehead atoms. The Bertz CT molecular complexity index is 2300. The second-order valence-electron chi connectivity index (χ2n) is 13.6. The van der Waals surface area contributed by atoms with Gasteiger partial charge in [0.15, 0.2) is 0 Å². The van der Waals surface area contributed by atoms with E-state index in [0.717, 1.165) is 22.8 Å². The van der Waals surface area contributed by atoms with Crippen LogP contribution in [0, 0.1) is 0 Å². The van der Waals surface area contributed by atoms with Crippen molar-refractivity contribution in [1.82, 2.24) is 19.1 Å². The van der Waals surface area contributed by atoms with Crippen molar-refractivity contribution in [1.29, 1.82) is 0 Å². The minimum Gasteiger partial charge on any atom is -0.547 e. The van der Waals surface area contributed by atoms with Crippen molar-refractivity contribution < 1.29 is 38.7 Å². The van der Waals surface area contributed by atoms with Crippen LogP contribution in [0.3, 0.4) is 0 Å². The Morgan fingerprint density at radius 1 is 0.574 bits per heavy atom. The Morgan fingerprint density at radius 2 is 0.934 bits per heavy atom. The molecule has 4 aromatic carbocycles. The minimum absolute atomic E-state index is 0. The van der Waals surface area contributed by atoms with E-state index in [2.05, 4.69) is 9.97 Å². The third kappa shape index (κ3) is 13.2. The molecule has 0 fully saturated rings. The van der Waals surface area contributed by atoms with Gasteiger partial charge < -0.3 is 38.7 Å². The van der Waals surface area contributed by atoms with Crippen LogP contribution in [0.2, 0.25) is 0 Å². The van der Waals surface area contributed by atoms with E-state index in [1.54, 1.807) is 83.6 Å². The van der Waals surface area contributed by atoms with Crippen LogP contribution in [-0.4, -0.2) is 92.7 Å². The van der Waals surface area contributed by atoms with Crippen LogP contribution in [0.1, 0.15) is 50.5 Å². The first-order valence-electron chi connectivity index (χ1n) is 20.1. The van der Waals surface area contributed by atoms with E-state index in [0.29, 0.717) is 85.7 Å². The van der Waals surface area contributed by atoms with E-state index < -0.39 is 24.1 Å². The van der Waals surface area contributed by atoms with Crippen molar-refractivity contribution in [2.75, 3.05) is 26.4 Å². The third-order valence-corrected chi connectivity index (χ3v) is 9.63. The monoisotopic (exact) mass is 842 g/mol. The van der Waals surface area contributed by atoms with Gasteiger partial charge in [-0.25, -0.2) is 9.97 Å². The summed E-state index contributed by atoms with van der Waals surface area (Å²) in [4.78, 5) is 57.0. The van der Waals surface area contributed by atoms with Gasteiger partial charge in [0.25, 0.3) is 11.1 Å². The summed E-state index contributed by atoms with van der Waals surface area (Å²) in [7, 11) is 0. The number of carboxylic acids is 2. The van der Waals surface area contributed by atoms with Crippen molar-refractivity contribution in [2.24, 2.45) is 0 Å². The molecule has 0 amide bonds. The summed E-state index contributed by atoms with van der Waals surface area (Å²) in [5, 5.41) is 23.4. The summed E-state index contributed by atoms with van der Waals surface area (Å²) in [6.07, 6.45) is -0.186. The van der Waals surface area contributed by atoms with Crippen LogP contribution in [-0.2, 0) is 57.8 Å². The second kappa shape index (κ2) is 24.0. The number of aromatic nitrogens is 4. The smallest absolute Gasteiger partial charge is 0.547 e. The summed E-state index contributed by atoms with van der Waals surface area (Å²) in [6.45, 7) is 9.44. The van der Waals surface area contributed by atoms with Crippen molar-refractivity contribution in [3.63, 3.8) is 0 Å². The van der Waals surface area contributed by atoms with E-state index in [9.17, 15) is 29.4 Å². The molecule has 0 N–H and O–H groups in total. The van der Waals surface area contributed by atoms with Gasteiger partial charge in [-0.2, -0.15) is 0 Å². The van der Waals surface area contributed by atoms with Crippen LogP contribution >= 0.6 is 0 Å². The second-order valence-corrected chi connectivity index (χ2v) is 13.6. The Hall–Kier alpha value is -5.61. The van der Waals surface area contributed by atoms with Crippen LogP contribution in [0.15, 0.2) is 107 Å². The molecular weight excluding hydrogens is 793 g/mol. The Balaban J connectivity index is 0.000000264. The SMILES string of the molecule is CCO[C@@H](Cc1ccc(OCCn2c(CC)nc3ccccc3c2=O)cc1)C(=O)[O-].CCO[C@@H](Cc1ccc(OCCn2c(CC)nc3ccccc3c2=O)cc1)C(=O)[O-].[Mg+2]. The number of carbonyl (C=O) groups excluding carboxylic acids is 2. The summed E-state index contributed by atoms with van der Waals surface area (Å²) in [6, 6.07) is 28.9. The number of hydrogen-bond acceptors (Lipinski definition) is 12. The molecule has 2 heterocycles. The molecule has 0 saturated carbocycles. The van der Waals surface area contributed by atoms with Crippen LogP contribution in [0.4, 0.5) is 0 Å². The standard InChI is InChI=1S/2C23H26N2O5.Mg/c2*1-3-21-24-19-8-6-5-7-18(19)22(26)25(21)13-14-30-17-11-9-16(10-12-17)15-20(23(27)28)29-4-2;/h2*5-12,20H,3-4,13-15H2,1-2H3,(H,27,28);/q;;+2/p-2/t2*20-;/m00./s1. The first-order valence-corrected chi connectivity index (χ1v) is 20.1. The fourth-order valence-electron chi connectivity index (χ4n) is 6.63. The molecule has 0 saturated heterocycles. The van der Waals surface area contributed by atoms with Crippen LogP contribution < -0.4 is 30.8 Å². The fourth-order valence-corrected chi connectivity index (χ4v) is 6.63. The zero-order chi connectivity index (χ0) is 43.0. The normalized spacial score (nSPS) is 11.9. The maximum Gasteiger partial charge on any atom is 2.00 e. The Labute approximate surface area is 370 Å². The molecule has 0 aliphatic carbocycles. The van der Waals surface area contributed by atoms with Gasteiger partial charge in [-0.05, 0) is 73.5 Å². The number of ether oxygens (including phenoxy) is 4. The van der Waals surface area contributed by atoms with Gasteiger partial charge in [-0.3, -0.25) is 18.7 Å². The number of carboxylic acid groups (broad SMARTS) is 2. The number of nitrogens with zero attached hydrogens (tertiary/aromatic N) is 4. The summed E-state index contributed by atoms with van der Waals surface area (Å²) in [5.74, 6) is 0.278. The van der Waals surface area contributed by atoms with E-state index in [4.69, 9.17) is 18.9 Å². The van der Waals surface area contributed by atoms with Gasteiger partial charge in [0.1, 0.15) is 48.6 Å². The molecule has 61 heavy (non-hydrogen) atoms. The van der Waals surface area contributed by atoms with Gasteiger partial charge in [-0.1, -0.05) is 62.4 Å². The molecule has 0 aliphatic heterocycles. The van der Waals surface area contributed by atoms with Crippen LogP contribution in [0.5, 0.6) is 11.5 Å². The van der Waals surface area contributed by atoms with Gasteiger partial charge in [0.05, 0.1) is 46.8 Å². The molecule has 2 atom stereocenters. The number of aryl methyl sites for hydroxylation is 2. The number of fused-ring (bicyclic) bond motifs is 2. The van der Waals surface area contributed by atoms with Crippen molar-refractivity contribution in [3.8, 4) is 11.5 Å². The van der Waals surface area contributed by atoms with E-state index in [1.807, 2.05) is 50.2 Å². The van der Waals surface area contributed by atoms with Crippen molar-refractivity contribution in [3.05, 3.63) is 141 Å². The van der Waals surface area contributed by atoms with Crippen molar-refractivity contribution >= 4 is 56.8 Å². The predicted octanol–water partition coefficient (Wildman–Crippen LogP) is 3.09. The van der Waals surface area contributed by atoms with E-state index in [1.165, 1.54) is 0 Å². The average molecular weight is 843 g/mol. The molecule has 0 spiro atoms. The third-order valence-electron chi connectivity index (χ3n) is 9.63. The zero-order valence-corrected chi connectivity index (χ0v) is 36.5. The van der Waals surface area contributed by atoms with Gasteiger partial charge in [-0.15, -0.1) is 0 Å². The summed E-state index contributed by atoms with van der Waals surface area (Å²) >= 11 is 0. The molecule has 15 heteroatoms. The largest absolute Gasteiger partial charge is 2.00 e. The molecule has 0 radical (unpaired) electrons. The Kier molecular flexibility index (Phi) is 18.9. The number of aliphatic carboxylic acids is 2. The number of benzene rings is 4. The quantitative estimate of drug-likeness (QED) is 0.102. The molecular formula is C46H50MgN4O10. The molecule has 316 valence electrons. The summed E-state index contributed by atoms with van der Waals surface area (Å²) < 4.78 is 25.2. The van der Waals surface area contributed by atoms with Crippen LogP contribution in [0.25, 0.3) is 21.8 Å². The van der Waals surface area contributed by atoms with E-state index >= 15 is 0 Å². The topological polar surface area (TPSA) is 187 Å². The zero-order valence-electron chi connectivity index (χ0n) is 35.0. The molecule has 0 unspecified atom stereocenters. The van der Waals surface area contributed by atoms with Crippen molar-refractivity contribution in [2.45, 2.75) is 78.7 Å². The first-order chi connectivity index (χ1) is 29.1. The molecule has 6 rings (SSSR count). The van der Waals surface area contributed by atoms with Gasteiger partial charge in [0.2, 0.25) is 0 Å². The molecule has 2 aromatic heterocycles. The number of carbonyl (C=O) groups is 2. The Morgan fingerprint density at radius 3 is 1.26 bits per heavy atom. The van der Waals surface area contributed by atoms with Gasteiger partial charge >= 0.3 is 23.1 Å². The fraction of sp³-hybridized carbons (Fsp3) is 0.348. The molecule has 0 aliphatic rings. The maximum atomic E-state index is 12.8. The van der Waals surface area contributed by atoms with E-state index in [-0.39, 0.29) is 47.0 Å². The number of hydrogen-bond donors (Lipinski definition) is 0. The average Bonchev–Trinajstić information content (AvgIpc) is 3.26.